The lowest BCUT2D eigenvalue weighted by Gasteiger charge is -2.11. The van der Waals surface area contributed by atoms with Gasteiger partial charge < -0.3 is 9.72 Å². The topological polar surface area (TPSA) is 75.1 Å². The summed E-state index contributed by atoms with van der Waals surface area (Å²) in [6, 6.07) is 8.48. The van der Waals surface area contributed by atoms with E-state index in [0.29, 0.717) is 11.7 Å². The molecule has 1 aromatic carbocycles. The number of H-pyrrole nitrogens is 1. The number of benzene rings is 1. The smallest absolute Gasteiger partial charge is 0.228 e. The summed E-state index contributed by atoms with van der Waals surface area (Å²) >= 11 is 0. The third-order valence-corrected chi connectivity index (χ3v) is 5.61. The largest absolute Gasteiger partial charge is 0.309 e. The van der Waals surface area contributed by atoms with E-state index in [1.165, 1.54) is 24.0 Å². The number of imidazole rings is 1. The Bertz CT molecular complexity index is 1200. The summed E-state index contributed by atoms with van der Waals surface area (Å²) in [5, 5.41) is 11.4. The summed E-state index contributed by atoms with van der Waals surface area (Å²) in [6.45, 7) is 0. The van der Waals surface area contributed by atoms with E-state index >= 15 is 0 Å². The highest BCUT2D eigenvalue weighted by Gasteiger charge is 2.30. The maximum absolute atomic E-state index is 12.0. The number of nitrogens with zero attached hydrogens (tertiary/aromatic N) is 3. The SMILES string of the molecule is O=C(Nc1cn2cc(-c3c(C4CC4)ccc4[nH]ncc34)ccc2n1)C1CC1. The summed E-state index contributed by atoms with van der Waals surface area (Å²) in [5.41, 5.74) is 5.68. The van der Waals surface area contributed by atoms with E-state index in [4.69, 9.17) is 0 Å². The Morgan fingerprint density at radius 2 is 2.00 bits per heavy atom. The minimum atomic E-state index is 0.0813. The molecule has 134 valence electrons. The Morgan fingerprint density at radius 1 is 1.11 bits per heavy atom. The number of aromatic nitrogens is 4. The van der Waals surface area contributed by atoms with Crippen LogP contribution in [0.2, 0.25) is 0 Å². The number of carbonyl (C=O) groups excluding carboxylic acids is 1. The predicted octanol–water partition coefficient (Wildman–Crippen LogP) is 4.10. The first-order valence-corrected chi connectivity index (χ1v) is 9.52. The van der Waals surface area contributed by atoms with Gasteiger partial charge in [-0.15, -0.1) is 0 Å². The van der Waals surface area contributed by atoms with Crippen LogP contribution < -0.4 is 5.32 Å². The molecule has 1 amide bonds. The van der Waals surface area contributed by atoms with Crippen LogP contribution in [0.15, 0.2) is 42.9 Å². The molecular formula is C21H19N5O. The Kier molecular flexibility index (Phi) is 3.01. The molecule has 2 aliphatic rings. The van der Waals surface area contributed by atoms with Gasteiger partial charge in [0.15, 0.2) is 5.82 Å². The van der Waals surface area contributed by atoms with Gasteiger partial charge in [-0.1, -0.05) is 6.07 Å². The molecule has 3 heterocycles. The zero-order valence-corrected chi connectivity index (χ0v) is 14.8. The third kappa shape index (κ3) is 2.51. The quantitative estimate of drug-likeness (QED) is 0.577. The summed E-state index contributed by atoms with van der Waals surface area (Å²) in [5.74, 6) is 1.52. The van der Waals surface area contributed by atoms with Crippen LogP contribution in [0.3, 0.4) is 0 Å². The molecule has 2 N–H and O–H groups in total. The number of anilines is 1. The van der Waals surface area contributed by atoms with Crippen molar-refractivity contribution in [2.24, 2.45) is 5.92 Å². The van der Waals surface area contributed by atoms with Gasteiger partial charge in [-0.25, -0.2) is 4.98 Å². The van der Waals surface area contributed by atoms with Gasteiger partial charge in [-0.3, -0.25) is 9.89 Å². The van der Waals surface area contributed by atoms with Crippen molar-refractivity contribution in [1.29, 1.82) is 0 Å². The third-order valence-electron chi connectivity index (χ3n) is 5.61. The van der Waals surface area contributed by atoms with E-state index in [-0.39, 0.29) is 11.8 Å². The Morgan fingerprint density at radius 3 is 2.81 bits per heavy atom. The van der Waals surface area contributed by atoms with Crippen LogP contribution in [0.25, 0.3) is 27.7 Å². The summed E-state index contributed by atoms with van der Waals surface area (Å²) in [7, 11) is 0. The fourth-order valence-electron chi connectivity index (χ4n) is 3.86. The lowest BCUT2D eigenvalue weighted by atomic mass is 9.94. The summed E-state index contributed by atoms with van der Waals surface area (Å²) in [4.78, 5) is 16.5. The van der Waals surface area contributed by atoms with E-state index < -0.39 is 0 Å². The van der Waals surface area contributed by atoms with Crippen LogP contribution in [-0.4, -0.2) is 25.5 Å². The molecule has 2 saturated carbocycles. The molecule has 0 spiro atoms. The van der Waals surface area contributed by atoms with E-state index in [0.717, 1.165) is 35.0 Å². The summed E-state index contributed by atoms with van der Waals surface area (Å²) in [6.07, 6.45) is 10.4. The number of aromatic amines is 1. The maximum Gasteiger partial charge on any atom is 0.228 e. The average Bonchev–Trinajstić information content (AvgIpc) is 3.60. The first-order valence-electron chi connectivity index (χ1n) is 9.52. The Hall–Kier alpha value is -3.15. The highest BCUT2D eigenvalue weighted by Crippen LogP contribution is 2.46. The number of nitrogens with one attached hydrogen (secondary N) is 2. The highest BCUT2D eigenvalue weighted by atomic mass is 16.2. The molecule has 6 heteroatoms. The molecule has 6 rings (SSSR count). The fourth-order valence-corrected chi connectivity index (χ4v) is 3.86. The van der Waals surface area contributed by atoms with Gasteiger partial charge >= 0.3 is 0 Å². The lowest BCUT2D eigenvalue weighted by molar-refractivity contribution is -0.117. The van der Waals surface area contributed by atoms with Crippen LogP contribution >= 0.6 is 0 Å². The van der Waals surface area contributed by atoms with Crippen molar-refractivity contribution in [1.82, 2.24) is 19.6 Å². The zero-order chi connectivity index (χ0) is 18.0. The van der Waals surface area contributed by atoms with Gasteiger partial charge in [0.25, 0.3) is 0 Å². The molecule has 4 aromatic rings. The molecular weight excluding hydrogens is 338 g/mol. The molecule has 2 aliphatic carbocycles. The molecule has 6 nitrogen and oxygen atoms in total. The molecule has 0 aliphatic heterocycles. The second kappa shape index (κ2) is 5.42. The van der Waals surface area contributed by atoms with Gasteiger partial charge in [0.05, 0.1) is 17.9 Å². The van der Waals surface area contributed by atoms with Crippen molar-refractivity contribution in [3.05, 3.63) is 48.4 Å². The van der Waals surface area contributed by atoms with E-state index in [9.17, 15) is 4.79 Å². The van der Waals surface area contributed by atoms with Gasteiger partial charge in [0.2, 0.25) is 5.91 Å². The van der Waals surface area contributed by atoms with Crippen molar-refractivity contribution in [2.45, 2.75) is 31.6 Å². The molecule has 0 unspecified atom stereocenters. The number of hydrogen-bond acceptors (Lipinski definition) is 3. The first kappa shape index (κ1) is 15.0. The van der Waals surface area contributed by atoms with Crippen molar-refractivity contribution in [3.8, 4) is 11.1 Å². The van der Waals surface area contributed by atoms with E-state index in [1.807, 2.05) is 22.9 Å². The number of pyridine rings is 1. The van der Waals surface area contributed by atoms with Gasteiger partial charge in [0.1, 0.15) is 5.65 Å². The number of fused-ring (bicyclic) bond motifs is 2. The van der Waals surface area contributed by atoms with Gasteiger partial charge in [-0.05, 0) is 66.5 Å². The van der Waals surface area contributed by atoms with Crippen molar-refractivity contribution in [2.75, 3.05) is 5.32 Å². The van der Waals surface area contributed by atoms with Crippen molar-refractivity contribution in [3.63, 3.8) is 0 Å². The normalized spacial score (nSPS) is 16.9. The van der Waals surface area contributed by atoms with E-state index in [1.54, 1.807) is 0 Å². The number of rotatable bonds is 4. The standard InChI is InChI=1S/C21H19N5O/c27-21(13-3-4-13)24-18-11-26-10-14(5-8-19(26)23-18)20-15(12-1-2-12)6-7-17-16(20)9-22-25-17/h5-13H,1-4H2,(H,22,25)(H,24,27). The molecule has 27 heavy (non-hydrogen) atoms. The highest BCUT2D eigenvalue weighted by molar-refractivity contribution is 5.97. The molecule has 0 radical (unpaired) electrons. The van der Waals surface area contributed by atoms with Crippen LogP contribution in [-0.2, 0) is 4.79 Å². The zero-order valence-electron chi connectivity index (χ0n) is 14.8. The van der Waals surface area contributed by atoms with Crippen LogP contribution in [0.1, 0.15) is 37.2 Å². The predicted molar refractivity (Wildman–Crippen MR) is 104 cm³/mol. The monoisotopic (exact) mass is 357 g/mol. The second-order valence-corrected chi connectivity index (χ2v) is 7.71. The fraction of sp³-hybridized carbons (Fsp3) is 0.286. The van der Waals surface area contributed by atoms with Crippen LogP contribution in [0.4, 0.5) is 5.82 Å². The average molecular weight is 357 g/mol. The van der Waals surface area contributed by atoms with Gasteiger partial charge in [-0.2, -0.15) is 5.10 Å². The second-order valence-electron chi connectivity index (χ2n) is 7.71. The van der Waals surface area contributed by atoms with E-state index in [2.05, 4.69) is 44.9 Å². The van der Waals surface area contributed by atoms with Crippen molar-refractivity contribution < 1.29 is 4.79 Å². The van der Waals surface area contributed by atoms with Gasteiger partial charge in [0, 0.05) is 17.5 Å². The first-order chi connectivity index (χ1) is 13.3. The Balaban J connectivity index is 1.46. The summed E-state index contributed by atoms with van der Waals surface area (Å²) < 4.78 is 1.99. The number of carbonyl (C=O) groups is 1. The molecule has 2 fully saturated rings. The van der Waals surface area contributed by atoms with Crippen LogP contribution in [0, 0.1) is 5.92 Å². The molecule has 0 saturated heterocycles. The Labute approximate surface area is 155 Å². The maximum atomic E-state index is 12.0. The minimum absolute atomic E-state index is 0.0813. The number of hydrogen-bond donors (Lipinski definition) is 2. The molecule has 0 bridgehead atoms. The lowest BCUT2D eigenvalue weighted by Crippen LogP contribution is -2.13. The molecule has 3 aromatic heterocycles. The number of amides is 1. The minimum Gasteiger partial charge on any atom is -0.309 e. The van der Waals surface area contributed by atoms with Crippen LogP contribution in [0.5, 0.6) is 0 Å². The molecule has 0 atom stereocenters. The van der Waals surface area contributed by atoms with Crippen molar-refractivity contribution >= 4 is 28.3 Å².